The summed E-state index contributed by atoms with van der Waals surface area (Å²) in [4.78, 5) is 17.7. The summed E-state index contributed by atoms with van der Waals surface area (Å²) in [5, 5.41) is 3.15. The van der Waals surface area contributed by atoms with Crippen LogP contribution in [0.5, 0.6) is 0 Å². The van der Waals surface area contributed by atoms with Gasteiger partial charge in [0.15, 0.2) is 0 Å². The van der Waals surface area contributed by atoms with Gasteiger partial charge in [-0.3, -0.25) is 0 Å². The van der Waals surface area contributed by atoms with E-state index < -0.39 is 0 Å². The van der Waals surface area contributed by atoms with Crippen molar-refractivity contribution in [2.45, 2.75) is 44.2 Å². The second kappa shape index (κ2) is 7.95. The molecule has 2 heterocycles. The first-order valence-electron chi connectivity index (χ1n) is 11.3. The lowest BCUT2D eigenvalue weighted by Crippen LogP contribution is -2.68. The number of hydrogen-bond donors (Lipinski definition) is 1. The zero-order chi connectivity index (χ0) is 20.6. The summed E-state index contributed by atoms with van der Waals surface area (Å²) in [5.41, 5.74) is 3.19. The highest BCUT2D eigenvalue weighted by Crippen LogP contribution is 2.53. The summed E-state index contributed by atoms with van der Waals surface area (Å²) in [6, 6.07) is 18.9. The normalized spacial score (nSPS) is 28.4. The quantitative estimate of drug-likeness (QED) is 0.794. The van der Waals surface area contributed by atoms with Gasteiger partial charge in [0.1, 0.15) is 0 Å². The van der Waals surface area contributed by atoms with Crippen LogP contribution in [0, 0.1) is 5.92 Å². The summed E-state index contributed by atoms with van der Waals surface area (Å²) in [5.74, 6) is 0.574. The van der Waals surface area contributed by atoms with Gasteiger partial charge in [0.05, 0.1) is 18.2 Å². The van der Waals surface area contributed by atoms with Gasteiger partial charge < -0.3 is 19.9 Å². The van der Waals surface area contributed by atoms with E-state index in [4.69, 9.17) is 4.74 Å². The molecule has 0 bridgehead atoms. The van der Waals surface area contributed by atoms with E-state index >= 15 is 0 Å². The number of benzene rings is 2. The van der Waals surface area contributed by atoms with Crippen LogP contribution in [-0.2, 0) is 10.3 Å². The standard InChI is InChI=1S/C25H31N3O2/c1-19-17-27(15-16-30-19)23-12-10-22(11-13-23)26-24(29)28-18-21-9-5-6-14-25(21,28)20-7-3-2-4-8-20/h2-4,7-8,10-13,19,21H,5-6,9,14-18H2,1H3,(H,26,29)/t19-,21-,25+/m1/s1. The number of hydrogen-bond acceptors (Lipinski definition) is 3. The Hall–Kier alpha value is -2.53. The number of fused-ring (bicyclic) bond motifs is 1. The van der Waals surface area contributed by atoms with E-state index in [9.17, 15) is 4.79 Å². The van der Waals surface area contributed by atoms with Crippen molar-refractivity contribution in [1.82, 2.24) is 4.90 Å². The Morgan fingerprint density at radius 3 is 2.60 bits per heavy atom. The van der Waals surface area contributed by atoms with Crippen LogP contribution in [0.3, 0.4) is 0 Å². The zero-order valence-corrected chi connectivity index (χ0v) is 17.7. The van der Waals surface area contributed by atoms with E-state index in [1.165, 1.54) is 30.5 Å². The highest BCUT2D eigenvalue weighted by Gasteiger charge is 2.57. The maximum Gasteiger partial charge on any atom is 0.322 e. The molecule has 0 spiro atoms. The molecule has 5 nitrogen and oxygen atoms in total. The fourth-order valence-corrected chi connectivity index (χ4v) is 5.62. The first kappa shape index (κ1) is 19.4. The van der Waals surface area contributed by atoms with Crippen molar-refractivity contribution in [2.75, 3.05) is 36.5 Å². The van der Waals surface area contributed by atoms with Gasteiger partial charge in [-0.25, -0.2) is 4.79 Å². The maximum atomic E-state index is 13.2. The van der Waals surface area contributed by atoms with Crippen LogP contribution in [0.4, 0.5) is 16.2 Å². The molecule has 5 rings (SSSR count). The molecule has 1 N–H and O–H groups in total. The van der Waals surface area contributed by atoms with Crippen molar-refractivity contribution in [3.63, 3.8) is 0 Å². The third-order valence-corrected chi connectivity index (χ3v) is 7.16. The second-order valence-corrected chi connectivity index (χ2v) is 8.95. The molecule has 0 aromatic heterocycles. The predicted molar refractivity (Wildman–Crippen MR) is 120 cm³/mol. The molecule has 0 unspecified atom stereocenters. The molecule has 0 radical (unpaired) electrons. The second-order valence-electron chi connectivity index (χ2n) is 8.95. The van der Waals surface area contributed by atoms with Gasteiger partial charge in [0, 0.05) is 36.9 Å². The van der Waals surface area contributed by atoms with Gasteiger partial charge in [-0.15, -0.1) is 0 Å². The molecular weight excluding hydrogens is 374 g/mol. The zero-order valence-electron chi connectivity index (χ0n) is 17.7. The maximum absolute atomic E-state index is 13.2. The van der Waals surface area contributed by atoms with Crippen LogP contribution in [0.15, 0.2) is 54.6 Å². The minimum absolute atomic E-state index is 0.0183. The summed E-state index contributed by atoms with van der Waals surface area (Å²) >= 11 is 0. The van der Waals surface area contributed by atoms with Gasteiger partial charge in [0.2, 0.25) is 0 Å². The number of rotatable bonds is 3. The van der Waals surface area contributed by atoms with E-state index in [1.54, 1.807) is 0 Å². The number of nitrogens with one attached hydrogen (secondary N) is 1. The van der Waals surface area contributed by atoms with Gasteiger partial charge in [-0.05, 0) is 49.6 Å². The average Bonchev–Trinajstić information content (AvgIpc) is 2.76. The Kier molecular flexibility index (Phi) is 5.15. The van der Waals surface area contributed by atoms with Crippen LogP contribution in [-0.4, -0.2) is 43.3 Å². The van der Waals surface area contributed by atoms with E-state index in [-0.39, 0.29) is 17.7 Å². The van der Waals surface area contributed by atoms with Gasteiger partial charge in [-0.2, -0.15) is 0 Å². The molecule has 2 aliphatic heterocycles. The van der Waals surface area contributed by atoms with Crippen molar-refractivity contribution in [3.8, 4) is 0 Å². The van der Waals surface area contributed by atoms with Crippen LogP contribution < -0.4 is 10.2 Å². The van der Waals surface area contributed by atoms with E-state index in [0.29, 0.717) is 5.92 Å². The summed E-state index contributed by atoms with van der Waals surface area (Å²) in [6.45, 7) is 5.53. The average molecular weight is 406 g/mol. The summed E-state index contributed by atoms with van der Waals surface area (Å²) in [7, 11) is 0. The highest BCUT2D eigenvalue weighted by atomic mass is 16.5. The molecule has 30 heavy (non-hydrogen) atoms. The monoisotopic (exact) mass is 405 g/mol. The smallest absolute Gasteiger partial charge is 0.322 e. The number of likely N-dealkylation sites (tertiary alicyclic amines) is 1. The molecule has 1 saturated carbocycles. The molecule has 2 aromatic rings. The lowest BCUT2D eigenvalue weighted by Gasteiger charge is -2.61. The van der Waals surface area contributed by atoms with Gasteiger partial charge >= 0.3 is 6.03 Å². The Morgan fingerprint density at radius 2 is 1.87 bits per heavy atom. The first-order chi connectivity index (χ1) is 14.7. The number of carbonyl (C=O) groups is 1. The number of anilines is 2. The van der Waals surface area contributed by atoms with Crippen LogP contribution in [0.2, 0.25) is 0 Å². The van der Waals surface area contributed by atoms with Crippen LogP contribution in [0.1, 0.15) is 38.2 Å². The molecule has 2 saturated heterocycles. The molecular formula is C25H31N3O2. The lowest BCUT2D eigenvalue weighted by molar-refractivity contribution is -0.0756. The van der Waals surface area contributed by atoms with E-state index in [0.717, 1.165) is 38.3 Å². The van der Waals surface area contributed by atoms with Gasteiger partial charge in [0.25, 0.3) is 0 Å². The minimum atomic E-state index is -0.131. The topological polar surface area (TPSA) is 44.8 Å². The first-order valence-corrected chi connectivity index (χ1v) is 11.3. The fourth-order valence-electron chi connectivity index (χ4n) is 5.62. The summed E-state index contributed by atoms with van der Waals surface area (Å²) < 4.78 is 5.64. The largest absolute Gasteiger partial charge is 0.375 e. The molecule has 2 aromatic carbocycles. The molecule has 5 heteroatoms. The Bertz CT molecular complexity index is 885. The number of urea groups is 1. The van der Waals surface area contributed by atoms with Crippen molar-refractivity contribution >= 4 is 17.4 Å². The Labute approximate surface area is 179 Å². The number of carbonyl (C=O) groups excluding carboxylic acids is 1. The third kappa shape index (κ3) is 3.35. The number of morpholine rings is 1. The molecule has 3 atom stereocenters. The number of amides is 2. The van der Waals surface area contributed by atoms with Crippen molar-refractivity contribution in [3.05, 3.63) is 60.2 Å². The third-order valence-electron chi connectivity index (χ3n) is 7.16. The SMILES string of the molecule is C[C@@H]1CN(c2ccc(NC(=O)N3C[C@H]4CCCC[C@]43c3ccccc3)cc2)CCO1. The van der Waals surface area contributed by atoms with E-state index in [2.05, 4.69) is 64.5 Å². The molecule has 158 valence electrons. The Balaban J connectivity index is 1.30. The highest BCUT2D eigenvalue weighted by molar-refractivity contribution is 5.91. The molecule has 2 amide bonds. The number of ether oxygens (including phenoxy) is 1. The van der Waals surface area contributed by atoms with Crippen molar-refractivity contribution in [1.29, 1.82) is 0 Å². The van der Waals surface area contributed by atoms with Crippen LogP contribution >= 0.6 is 0 Å². The number of nitrogens with zero attached hydrogens (tertiary/aromatic N) is 2. The van der Waals surface area contributed by atoms with Crippen LogP contribution in [0.25, 0.3) is 0 Å². The molecule has 3 aliphatic rings. The van der Waals surface area contributed by atoms with Crippen molar-refractivity contribution in [2.24, 2.45) is 5.92 Å². The minimum Gasteiger partial charge on any atom is -0.375 e. The molecule has 1 aliphatic carbocycles. The summed E-state index contributed by atoms with van der Waals surface area (Å²) in [6.07, 6.45) is 4.98. The van der Waals surface area contributed by atoms with E-state index in [1.807, 2.05) is 12.1 Å². The van der Waals surface area contributed by atoms with Gasteiger partial charge in [-0.1, -0.05) is 43.2 Å². The van der Waals surface area contributed by atoms with Crippen molar-refractivity contribution < 1.29 is 9.53 Å². The predicted octanol–water partition coefficient (Wildman–Crippen LogP) is 4.84. The lowest BCUT2D eigenvalue weighted by atomic mass is 9.62. The Morgan fingerprint density at radius 1 is 1.07 bits per heavy atom. The fraction of sp³-hybridized carbons (Fsp3) is 0.480. The molecule has 3 fully saturated rings.